The van der Waals surface area contributed by atoms with Crippen molar-refractivity contribution in [2.45, 2.75) is 20.4 Å². The lowest BCUT2D eigenvalue weighted by atomic mass is 10.1. The van der Waals surface area contributed by atoms with E-state index in [1.807, 2.05) is 44.2 Å². The van der Waals surface area contributed by atoms with Gasteiger partial charge in [0, 0.05) is 34.6 Å². The fourth-order valence-electron chi connectivity index (χ4n) is 3.13. The molecule has 3 aromatic rings. The van der Waals surface area contributed by atoms with E-state index in [0.29, 0.717) is 17.1 Å². The number of aryl methyl sites for hydroxylation is 1. The SMILES string of the molecule is Cc1cc(C(=O)COC(=O)/C=C/c2cccc(Cl)c2)c(C)n1Cc1ccccc1. The summed E-state index contributed by atoms with van der Waals surface area (Å²) in [5.41, 5.74) is 4.37. The predicted octanol–water partition coefficient (Wildman–Crippen LogP) is 5.25. The minimum Gasteiger partial charge on any atom is -0.454 e. The van der Waals surface area contributed by atoms with Crippen molar-refractivity contribution < 1.29 is 14.3 Å². The molecule has 0 spiro atoms. The number of Topliss-reactive ketones (excluding diaryl/α,β-unsaturated/α-hetero) is 1. The highest BCUT2D eigenvalue weighted by molar-refractivity contribution is 6.30. The van der Waals surface area contributed by atoms with Crippen LogP contribution >= 0.6 is 11.6 Å². The van der Waals surface area contributed by atoms with Crippen molar-refractivity contribution in [1.29, 1.82) is 0 Å². The molecule has 0 radical (unpaired) electrons. The van der Waals surface area contributed by atoms with Gasteiger partial charge in [-0.1, -0.05) is 54.1 Å². The maximum absolute atomic E-state index is 12.6. The molecule has 0 amide bonds. The molecule has 0 atom stereocenters. The molecule has 1 heterocycles. The van der Waals surface area contributed by atoms with Crippen LogP contribution < -0.4 is 0 Å². The Morgan fingerprint density at radius 3 is 2.52 bits per heavy atom. The summed E-state index contributed by atoms with van der Waals surface area (Å²) < 4.78 is 7.20. The minimum absolute atomic E-state index is 0.220. The van der Waals surface area contributed by atoms with E-state index in [1.165, 1.54) is 6.08 Å². The highest BCUT2D eigenvalue weighted by Crippen LogP contribution is 2.18. The Morgan fingerprint density at radius 2 is 1.79 bits per heavy atom. The highest BCUT2D eigenvalue weighted by Gasteiger charge is 2.17. The Labute approximate surface area is 175 Å². The first kappa shape index (κ1) is 20.6. The number of ketones is 1. The Morgan fingerprint density at radius 1 is 1.03 bits per heavy atom. The second kappa shape index (κ2) is 9.39. The van der Waals surface area contributed by atoms with Crippen molar-refractivity contribution in [2.75, 3.05) is 6.61 Å². The number of halogens is 1. The van der Waals surface area contributed by atoms with E-state index >= 15 is 0 Å². The van der Waals surface area contributed by atoms with E-state index in [4.69, 9.17) is 16.3 Å². The van der Waals surface area contributed by atoms with E-state index in [1.54, 1.807) is 24.3 Å². The van der Waals surface area contributed by atoms with Crippen LogP contribution in [0.4, 0.5) is 0 Å². The van der Waals surface area contributed by atoms with Crippen molar-refractivity contribution >= 4 is 29.4 Å². The second-order valence-corrected chi connectivity index (χ2v) is 7.21. The van der Waals surface area contributed by atoms with Gasteiger partial charge in [-0.05, 0) is 49.2 Å². The summed E-state index contributed by atoms with van der Waals surface area (Å²) in [4.78, 5) is 24.5. The van der Waals surface area contributed by atoms with Gasteiger partial charge in [0.2, 0.25) is 5.78 Å². The van der Waals surface area contributed by atoms with Crippen LogP contribution in [0.15, 0.2) is 66.7 Å². The highest BCUT2D eigenvalue weighted by atomic mass is 35.5. The van der Waals surface area contributed by atoms with Gasteiger partial charge in [0.25, 0.3) is 0 Å². The van der Waals surface area contributed by atoms with Crippen molar-refractivity contribution in [2.24, 2.45) is 0 Å². The molecule has 0 aliphatic rings. The average molecular weight is 408 g/mol. The number of carbonyl (C=O) groups excluding carboxylic acids is 2. The third-order valence-corrected chi connectivity index (χ3v) is 4.90. The zero-order valence-electron chi connectivity index (χ0n) is 16.4. The number of ether oxygens (including phenoxy) is 1. The van der Waals surface area contributed by atoms with Gasteiger partial charge in [0.05, 0.1) is 0 Å². The van der Waals surface area contributed by atoms with E-state index in [0.717, 1.165) is 22.5 Å². The van der Waals surface area contributed by atoms with Gasteiger partial charge in [-0.15, -0.1) is 0 Å². The first-order valence-electron chi connectivity index (χ1n) is 9.28. The number of benzene rings is 2. The van der Waals surface area contributed by atoms with Gasteiger partial charge in [-0.3, -0.25) is 4.79 Å². The molecule has 0 aliphatic heterocycles. The van der Waals surface area contributed by atoms with Crippen molar-refractivity contribution in [1.82, 2.24) is 4.57 Å². The summed E-state index contributed by atoms with van der Waals surface area (Å²) in [7, 11) is 0. The van der Waals surface area contributed by atoms with Gasteiger partial charge < -0.3 is 9.30 Å². The van der Waals surface area contributed by atoms with Crippen LogP contribution in [0.3, 0.4) is 0 Å². The number of carbonyl (C=O) groups is 2. The third kappa shape index (κ3) is 5.46. The number of aromatic nitrogens is 1. The van der Waals surface area contributed by atoms with Gasteiger partial charge in [-0.2, -0.15) is 0 Å². The largest absolute Gasteiger partial charge is 0.454 e. The van der Waals surface area contributed by atoms with Crippen LogP contribution in [0.1, 0.15) is 32.9 Å². The molecule has 2 aromatic carbocycles. The van der Waals surface area contributed by atoms with Crippen LogP contribution in [0.25, 0.3) is 6.08 Å². The van der Waals surface area contributed by atoms with E-state index < -0.39 is 5.97 Å². The summed E-state index contributed by atoms with van der Waals surface area (Å²) in [6.45, 7) is 4.26. The molecule has 148 valence electrons. The van der Waals surface area contributed by atoms with Gasteiger partial charge >= 0.3 is 5.97 Å². The molecular formula is C24H22ClNO3. The Bertz CT molecular complexity index is 1050. The van der Waals surface area contributed by atoms with E-state index in [9.17, 15) is 9.59 Å². The van der Waals surface area contributed by atoms with Crippen molar-refractivity contribution in [3.05, 3.63) is 99.8 Å². The van der Waals surface area contributed by atoms with Gasteiger partial charge in [0.15, 0.2) is 6.61 Å². The summed E-state index contributed by atoms with van der Waals surface area (Å²) in [5, 5.41) is 0.585. The average Bonchev–Trinajstić information content (AvgIpc) is 2.99. The minimum atomic E-state index is -0.573. The molecule has 0 N–H and O–H groups in total. The topological polar surface area (TPSA) is 48.3 Å². The smallest absolute Gasteiger partial charge is 0.331 e. The molecule has 3 rings (SSSR count). The third-order valence-electron chi connectivity index (χ3n) is 4.66. The molecule has 5 heteroatoms. The molecular weight excluding hydrogens is 386 g/mol. The quantitative estimate of drug-likeness (QED) is 0.305. The number of esters is 1. The maximum Gasteiger partial charge on any atom is 0.331 e. The summed E-state index contributed by atoms with van der Waals surface area (Å²) in [6.07, 6.45) is 2.89. The monoisotopic (exact) mass is 407 g/mol. The lowest BCUT2D eigenvalue weighted by molar-refractivity contribution is -0.136. The molecule has 0 aliphatic carbocycles. The molecule has 0 saturated heterocycles. The molecule has 29 heavy (non-hydrogen) atoms. The standard InChI is InChI=1S/C24H22ClNO3/c1-17-13-22(18(2)26(17)15-20-7-4-3-5-8-20)23(27)16-29-24(28)12-11-19-9-6-10-21(25)14-19/h3-14H,15-16H2,1-2H3/b12-11+. The van der Waals surface area contributed by atoms with Crippen molar-refractivity contribution in [3.8, 4) is 0 Å². The Kier molecular flexibility index (Phi) is 6.68. The fourth-order valence-corrected chi connectivity index (χ4v) is 3.33. The zero-order valence-corrected chi connectivity index (χ0v) is 17.1. The van der Waals surface area contributed by atoms with E-state index in [2.05, 4.69) is 16.7 Å². The molecule has 1 aromatic heterocycles. The van der Waals surface area contributed by atoms with Gasteiger partial charge in [0.1, 0.15) is 0 Å². The molecule has 0 unspecified atom stereocenters. The number of hydrogen-bond acceptors (Lipinski definition) is 3. The van der Waals surface area contributed by atoms with Crippen LogP contribution in [-0.4, -0.2) is 22.9 Å². The molecule has 0 fully saturated rings. The predicted molar refractivity (Wildman–Crippen MR) is 115 cm³/mol. The first-order chi connectivity index (χ1) is 13.9. The lowest BCUT2D eigenvalue weighted by Gasteiger charge is -2.10. The molecule has 0 bridgehead atoms. The number of rotatable bonds is 7. The number of hydrogen-bond donors (Lipinski definition) is 0. The molecule has 4 nitrogen and oxygen atoms in total. The van der Waals surface area contributed by atoms with Crippen LogP contribution in [-0.2, 0) is 16.1 Å². The summed E-state index contributed by atoms with van der Waals surface area (Å²) in [5.74, 6) is -0.793. The first-order valence-corrected chi connectivity index (χ1v) is 9.66. The second-order valence-electron chi connectivity index (χ2n) is 6.78. The summed E-state index contributed by atoms with van der Waals surface area (Å²) >= 11 is 5.91. The maximum atomic E-state index is 12.6. The van der Waals surface area contributed by atoms with Gasteiger partial charge in [-0.25, -0.2) is 4.79 Å². The normalized spacial score (nSPS) is 11.0. The van der Waals surface area contributed by atoms with Crippen LogP contribution in [0.2, 0.25) is 5.02 Å². The fraction of sp³-hybridized carbons (Fsp3) is 0.167. The Balaban J connectivity index is 1.62. The Hall–Kier alpha value is -3.11. The summed E-state index contributed by atoms with van der Waals surface area (Å²) in [6, 6.07) is 19.0. The zero-order chi connectivity index (χ0) is 20.8. The van der Waals surface area contributed by atoms with E-state index in [-0.39, 0.29) is 12.4 Å². The molecule has 0 saturated carbocycles. The van der Waals surface area contributed by atoms with Crippen LogP contribution in [0, 0.1) is 13.8 Å². The lowest BCUT2D eigenvalue weighted by Crippen LogP contribution is -2.13. The van der Waals surface area contributed by atoms with Crippen molar-refractivity contribution in [3.63, 3.8) is 0 Å². The number of nitrogens with zero attached hydrogens (tertiary/aromatic N) is 1. The van der Waals surface area contributed by atoms with Crippen LogP contribution in [0.5, 0.6) is 0 Å².